The monoisotopic (exact) mass is 437 g/mol. The molecule has 172 valence electrons. The molecule has 0 aliphatic carbocycles. The molecule has 0 aromatic heterocycles. The maximum Gasteiger partial charge on any atom is 0.224 e. The lowest BCUT2D eigenvalue weighted by atomic mass is 9.96. The third kappa shape index (κ3) is 6.63. The Morgan fingerprint density at radius 1 is 0.844 bits per heavy atom. The molecule has 1 atom stereocenters. The third-order valence-corrected chi connectivity index (χ3v) is 6.82. The molecule has 2 aliphatic rings. The van der Waals surface area contributed by atoms with Gasteiger partial charge in [0.15, 0.2) is 0 Å². The van der Waals surface area contributed by atoms with E-state index in [1.54, 1.807) is 6.07 Å². The Labute approximate surface area is 191 Å². The molecule has 0 saturated carbocycles. The van der Waals surface area contributed by atoms with E-state index in [9.17, 15) is 9.18 Å². The van der Waals surface area contributed by atoms with Crippen LogP contribution in [0, 0.1) is 11.7 Å². The van der Waals surface area contributed by atoms with Crippen LogP contribution < -0.4 is 5.32 Å². The summed E-state index contributed by atoms with van der Waals surface area (Å²) >= 11 is 0. The molecule has 0 bridgehead atoms. The van der Waals surface area contributed by atoms with Gasteiger partial charge in [-0.25, -0.2) is 4.39 Å². The SMILES string of the molecule is O=C(NCc1ccc(CN2CCCCCC2)cc1)C1CCCN(Cc2ccccc2F)C1. The number of rotatable bonds is 7. The van der Waals surface area contributed by atoms with Crippen molar-refractivity contribution in [1.82, 2.24) is 15.1 Å². The van der Waals surface area contributed by atoms with Crippen LogP contribution in [0.2, 0.25) is 0 Å². The summed E-state index contributed by atoms with van der Waals surface area (Å²) in [4.78, 5) is 17.5. The highest BCUT2D eigenvalue weighted by Crippen LogP contribution is 2.20. The molecule has 32 heavy (non-hydrogen) atoms. The first-order valence-electron chi connectivity index (χ1n) is 12.2. The summed E-state index contributed by atoms with van der Waals surface area (Å²) in [6.45, 7) is 6.15. The largest absolute Gasteiger partial charge is 0.352 e. The van der Waals surface area contributed by atoms with Crippen molar-refractivity contribution < 1.29 is 9.18 Å². The fourth-order valence-electron chi connectivity index (χ4n) is 4.93. The molecule has 2 heterocycles. The van der Waals surface area contributed by atoms with Gasteiger partial charge in [0, 0.05) is 31.7 Å². The van der Waals surface area contributed by atoms with Crippen LogP contribution in [0.3, 0.4) is 0 Å². The van der Waals surface area contributed by atoms with E-state index in [2.05, 4.69) is 39.4 Å². The molecule has 2 saturated heterocycles. The van der Waals surface area contributed by atoms with Crippen LogP contribution in [0.15, 0.2) is 48.5 Å². The Morgan fingerprint density at radius 3 is 2.28 bits per heavy atom. The molecule has 1 unspecified atom stereocenters. The zero-order valence-electron chi connectivity index (χ0n) is 19.1. The molecule has 2 aliphatic heterocycles. The summed E-state index contributed by atoms with van der Waals surface area (Å²) in [5.74, 6) is -0.0897. The number of likely N-dealkylation sites (tertiary alicyclic amines) is 2. The van der Waals surface area contributed by atoms with Gasteiger partial charge < -0.3 is 5.32 Å². The van der Waals surface area contributed by atoms with Crippen LogP contribution in [0.4, 0.5) is 4.39 Å². The van der Waals surface area contributed by atoms with E-state index in [-0.39, 0.29) is 17.6 Å². The van der Waals surface area contributed by atoms with Crippen LogP contribution in [-0.4, -0.2) is 41.9 Å². The molecule has 2 aromatic carbocycles. The smallest absolute Gasteiger partial charge is 0.224 e. The van der Waals surface area contributed by atoms with Crippen molar-refractivity contribution >= 4 is 5.91 Å². The highest BCUT2D eigenvalue weighted by molar-refractivity contribution is 5.79. The first kappa shape index (κ1) is 22.9. The van der Waals surface area contributed by atoms with Gasteiger partial charge in [0.2, 0.25) is 5.91 Å². The molecular formula is C27H36FN3O. The topological polar surface area (TPSA) is 35.6 Å². The van der Waals surface area contributed by atoms with E-state index >= 15 is 0 Å². The minimum absolute atomic E-state index is 0.0298. The van der Waals surface area contributed by atoms with Crippen molar-refractivity contribution in [2.75, 3.05) is 26.2 Å². The predicted molar refractivity (Wildman–Crippen MR) is 126 cm³/mol. The Hall–Kier alpha value is -2.24. The quantitative estimate of drug-likeness (QED) is 0.680. The van der Waals surface area contributed by atoms with E-state index < -0.39 is 0 Å². The molecule has 0 spiro atoms. The Balaban J connectivity index is 1.23. The average Bonchev–Trinajstić information content (AvgIpc) is 3.09. The van der Waals surface area contributed by atoms with Gasteiger partial charge in [-0.2, -0.15) is 0 Å². The fourth-order valence-corrected chi connectivity index (χ4v) is 4.93. The number of hydrogen-bond donors (Lipinski definition) is 1. The number of hydrogen-bond acceptors (Lipinski definition) is 3. The summed E-state index contributed by atoms with van der Waals surface area (Å²) in [5.41, 5.74) is 3.18. The van der Waals surface area contributed by atoms with E-state index in [4.69, 9.17) is 0 Å². The summed E-state index contributed by atoms with van der Waals surface area (Å²) in [5, 5.41) is 3.12. The summed E-state index contributed by atoms with van der Waals surface area (Å²) < 4.78 is 14.0. The summed E-state index contributed by atoms with van der Waals surface area (Å²) in [7, 11) is 0. The summed E-state index contributed by atoms with van der Waals surface area (Å²) in [6, 6.07) is 15.6. The van der Waals surface area contributed by atoms with Crippen LogP contribution >= 0.6 is 0 Å². The lowest BCUT2D eigenvalue weighted by molar-refractivity contribution is -0.126. The van der Waals surface area contributed by atoms with Crippen LogP contribution in [0.25, 0.3) is 0 Å². The van der Waals surface area contributed by atoms with E-state index in [0.717, 1.165) is 31.5 Å². The Morgan fingerprint density at radius 2 is 1.53 bits per heavy atom. The van der Waals surface area contributed by atoms with Gasteiger partial charge in [-0.15, -0.1) is 0 Å². The van der Waals surface area contributed by atoms with E-state index in [1.165, 1.54) is 50.4 Å². The van der Waals surface area contributed by atoms with Crippen molar-refractivity contribution in [3.05, 3.63) is 71.0 Å². The number of nitrogens with zero attached hydrogens (tertiary/aromatic N) is 2. The van der Waals surface area contributed by atoms with Crippen molar-refractivity contribution in [3.8, 4) is 0 Å². The molecule has 2 fully saturated rings. The number of benzene rings is 2. The van der Waals surface area contributed by atoms with Crippen LogP contribution in [0.5, 0.6) is 0 Å². The zero-order chi connectivity index (χ0) is 22.2. The number of amides is 1. The van der Waals surface area contributed by atoms with Crippen LogP contribution in [0.1, 0.15) is 55.2 Å². The van der Waals surface area contributed by atoms with Crippen molar-refractivity contribution in [2.24, 2.45) is 5.92 Å². The number of halogens is 1. The first-order chi connectivity index (χ1) is 15.7. The highest BCUT2D eigenvalue weighted by Gasteiger charge is 2.26. The average molecular weight is 438 g/mol. The first-order valence-corrected chi connectivity index (χ1v) is 12.2. The second kappa shape index (κ2) is 11.6. The zero-order valence-corrected chi connectivity index (χ0v) is 19.1. The maximum absolute atomic E-state index is 14.0. The van der Waals surface area contributed by atoms with Crippen molar-refractivity contribution in [2.45, 2.75) is 58.2 Å². The molecule has 4 nitrogen and oxygen atoms in total. The summed E-state index contributed by atoms with van der Waals surface area (Å²) in [6.07, 6.45) is 7.20. The van der Waals surface area contributed by atoms with Gasteiger partial charge in [0.25, 0.3) is 0 Å². The van der Waals surface area contributed by atoms with E-state index in [1.807, 2.05) is 12.1 Å². The highest BCUT2D eigenvalue weighted by atomic mass is 19.1. The van der Waals surface area contributed by atoms with Crippen molar-refractivity contribution in [1.29, 1.82) is 0 Å². The Bertz CT molecular complexity index is 861. The number of piperidine rings is 1. The van der Waals surface area contributed by atoms with Crippen LogP contribution in [-0.2, 0) is 24.4 Å². The minimum atomic E-state index is -0.168. The van der Waals surface area contributed by atoms with Gasteiger partial charge in [0.1, 0.15) is 5.82 Å². The minimum Gasteiger partial charge on any atom is -0.352 e. The van der Waals surface area contributed by atoms with Gasteiger partial charge >= 0.3 is 0 Å². The number of carbonyl (C=O) groups excluding carboxylic acids is 1. The molecule has 2 aromatic rings. The molecule has 4 rings (SSSR count). The molecule has 1 amide bonds. The number of carbonyl (C=O) groups is 1. The van der Waals surface area contributed by atoms with Gasteiger partial charge in [-0.1, -0.05) is 55.3 Å². The molecular weight excluding hydrogens is 401 g/mol. The number of nitrogens with one attached hydrogen (secondary N) is 1. The second-order valence-electron chi connectivity index (χ2n) is 9.39. The van der Waals surface area contributed by atoms with Gasteiger partial charge in [-0.05, 0) is 62.5 Å². The second-order valence-corrected chi connectivity index (χ2v) is 9.39. The Kier molecular flexibility index (Phi) is 8.30. The lowest BCUT2D eigenvalue weighted by Crippen LogP contribution is -2.42. The molecule has 5 heteroatoms. The molecule has 1 N–H and O–H groups in total. The van der Waals surface area contributed by atoms with E-state index in [0.29, 0.717) is 25.2 Å². The van der Waals surface area contributed by atoms with Gasteiger partial charge in [-0.3, -0.25) is 14.6 Å². The molecule has 0 radical (unpaired) electrons. The normalized spacial score (nSPS) is 20.6. The van der Waals surface area contributed by atoms with Gasteiger partial charge in [0.05, 0.1) is 5.92 Å². The lowest BCUT2D eigenvalue weighted by Gasteiger charge is -2.32. The maximum atomic E-state index is 14.0. The predicted octanol–water partition coefficient (Wildman–Crippen LogP) is 4.73. The standard InChI is InChI=1S/C27H36FN3O/c28-26-10-4-3-8-24(26)20-31-17-7-9-25(21-31)27(32)29-18-22-11-13-23(14-12-22)19-30-15-5-1-2-6-16-30/h3-4,8,10-14,25H,1-2,5-7,9,15-21H2,(H,29,32). The fraction of sp³-hybridized carbons (Fsp3) is 0.519. The van der Waals surface area contributed by atoms with Crippen molar-refractivity contribution in [3.63, 3.8) is 0 Å². The third-order valence-electron chi connectivity index (χ3n) is 6.82.